The third-order valence-electron chi connectivity index (χ3n) is 3.55. The first kappa shape index (κ1) is 17.0. The van der Waals surface area contributed by atoms with Crippen molar-refractivity contribution in [2.24, 2.45) is 0 Å². The monoisotopic (exact) mass is 348 g/mol. The number of ether oxygens (including phenoxy) is 1. The maximum absolute atomic E-state index is 13.1. The van der Waals surface area contributed by atoms with E-state index in [0.29, 0.717) is 10.9 Å². The van der Waals surface area contributed by atoms with Crippen LogP contribution >= 0.6 is 0 Å². The zero-order chi connectivity index (χ0) is 18.2. The molecule has 0 saturated carbocycles. The Balaban J connectivity index is 2.25. The van der Waals surface area contributed by atoms with Gasteiger partial charge in [0, 0.05) is 23.2 Å². The van der Waals surface area contributed by atoms with E-state index >= 15 is 0 Å². The van der Waals surface area contributed by atoms with Gasteiger partial charge in [-0.3, -0.25) is 4.79 Å². The van der Waals surface area contributed by atoms with Gasteiger partial charge in [0.05, 0.1) is 22.9 Å². The number of halogens is 3. The number of alkyl halides is 3. The Labute approximate surface area is 141 Å². The molecule has 4 nitrogen and oxygen atoms in total. The van der Waals surface area contributed by atoms with Gasteiger partial charge in [-0.2, -0.15) is 13.2 Å². The van der Waals surface area contributed by atoms with E-state index in [2.05, 4.69) is 9.97 Å². The van der Waals surface area contributed by atoms with Crippen molar-refractivity contribution >= 4 is 10.9 Å². The van der Waals surface area contributed by atoms with E-state index in [0.717, 1.165) is 12.3 Å². The third kappa shape index (κ3) is 3.50. The average molecular weight is 348 g/mol. The van der Waals surface area contributed by atoms with Crippen LogP contribution in [0.3, 0.4) is 0 Å². The minimum atomic E-state index is -4.55. The van der Waals surface area contributed by atoms with Gasteiger partial charge in [-0.25, -0.2) is 4.98 Å². The van der Waals surface area contributed by atoms with Crippen LogP contribution in [0.2, 0.25) is 0 Å². The van der Waals surface area contributed by atoms with Gasteiger partial charge in [-0.15, -0.1) is 0 Å². The Kier molecular flexibility index (Phi) is 4.24. The van der Waals surface area contributed by atoms with E-state index in [4.69, 9.17) is 4.74 Å². The lowest BCUT2D eigenvalue weighted by Gasteiger charge is -2.15. The normalized spacial score (nSPS) is 11.9. The van der Waals surface area contributed by atoms with E-state index in [-0.39, 0.29) is 28.7 Å². The molecule has 1 N–H and O–H groups in total. The molecule has 0 aliphatic rings. The summed E-state index contributed by atoms with van der Waals surface area (Å²) in [5, 5.41) is 0.456. The molecule has 7 heteroatoms. The molecule has 0 saturated heterocycles. The van der Waals surface area contributed by atoms with Gasteiger partial charge in [-0.1, -0.05) is 12.1 Å². The fourth-order valence-electron chi connectivity index (χ4n) is 2.46. The number of nitrogens with zero attached hydrogens (tertiary/aromatic N) is 1. The lowest BCUT2D eigenvalue weighted by molar-refractivity contribution is -0.137. The fraction of sp³-hybridized carbons (Fsp3) is 0.222. The van der Waals surface area contributed by atoms with Gasteiger partial charge in [0.15, 0.2) is 5.43 Å². The molecule has 25 heavy (non-hydrogen) atoms. The van der Waals surface area contributed by atoms with Crippen LogP contribution in [0.15, 0.2) is 47.4 Å². The smallest absolute Gasteiger partial charge is 0.417 e. The quantitative estimate of drug-likeness (QED) is 0.763. The molecule has 0 fully saturated rings. The molecule has 0 aliphatic carbocycles. The molecule has 0 bridgehead atoms. The topological polar surface area (TPSA) is 55.0 Å². The Morgan fingerprint density at radius 1 is 1.16 bits per heavy atom. The van der Waals surface area contributed by atoms with Crippen molar-refractivity contribution < 1.29 is 17.9 Å². The number of benzene rings is 1. The molecule has 0 radical (unpaired) electrons. The number of rotatable bonds is 3. The van der Waals surface area contributed by atoms with Gasteiger partial charge < -0.3 is 9.72 Å². The van der Waals surface area contributed by atoms with Crippen LogP contribution in [0.1, 0.15) is 19.4 Å². The van der Waals surface area contributed by atoms with Crippen LogP contribution < -0.4 is 10.2 Å². The highest BCUT2D eigenvalue weighted by Gasteiger charge is 2.32. The number of aromatic amines is 1. The van der Waals surface area contributed by atoms with Crippen LogP contribution in [0.25, 0.3) is 22.2 Å². The standard InChI is InChI=1S/C18H15F3N2O2/c1-10(2)25-17-13(7-11(9-22-17)18(19,20)21)15-8-16(24)12-5-3-4-6-14(12)23-15/h3-10H,1-2H3,(H,23,24). The minimum Gasteiger partial charge on any atom is -0.474 e. The van der Waals surface area contributed by atoms with Crippen molar-refractivity contribution in [3.8, 4) is 17.1 Å². The maximum atomic E-state index is 13.1. The summed E-state index contributed by atoms with van der Waals surface area (Å²) in [5.41, 5.74) is -0.368. The third-order valence-corrected chi connectivity index (χ3v) is 3.55. The second-order valence-corrected chi connectivity index (χ2v) is 5.83. The second kappa shape index (κ2) is 6.23. The second-order valence-electron chi connectivity index (χ2n) is 5.83. The van der Waals surface area contributed by atoms with E-state index in [1.54, 1.807) is 38.1 Å². The molecule has 2 aromatic heterocycles. The van der Waals surface area contributed by atoms with Crippen molar-refractivity contribution in [2.45, 2.75) is 26.1 Å². The van der Waals surface area contributed by atoms with Gasteiger partial charge in [0.1, 0.15) is 0 Å². The van der Waals surface area contributed by atoms with Crippen molar-refractivity contribution in [3.63, 3.8) is 0 Å². The molecule has 0 aliphatic heterocycles. The molecule has 0 atom stereocenters. The number of nitrogens with one attached hydrogen (secondary N) is 1. The first-order chi connectivity index (χ1) is 11.8. The number of pyridine rings is 2. The highest BCUT2D eigenvalue weighted by molar-refractivity contribution is 5.82. The summed E-state index contributed by atoms with van der Waals surface area (Å²) >= 11 is 0. The first-order valence-electron chi connectivity index (χ1n) is 7.62. The van der Waals surface area contributed by atoms with Gasteiger partial charge >= 0.3 is 6.18 Å². The summed E-state index contributed by atoms with van der Waals surface area (Å²) in [6, 6.07) is 8.98. The number of hydrogen-bond acceptors (Lipinski definition) is 3. The Morgan fingerprint density at radius 2 is 1.88 bits per heavy atom. The molecular formula is C18H15F3N2O2. The molecule has 0 unspecified atom stereocenters. The predicted octanol–water partition coefficient (Wildman–Crippen LogP) is 4.40. The first-order valence-corrected chi connectivity index (χ1v) is 7.62. The summed E-state index contributed by atoms with van der Waals surface area (Å²) in [7, 11) is 0. The van der Waals surface area contributed by atoms with Crippen LogP contribution in [0, 0.1) is 0 Å². The molecule has 130 valence electrons. The Hall–Kier alpha value is -2.83. The van der Waals surface area contributed by atoms with Crippen molar-refractivity contribution in [1.82, 2.24) is 9.97 Å². The van der Waals surface area contributed by atoms with Crippen LogP contribution in [0.4, 0.5) is 13.2 Å². The SMILES string of the molecule is CC(C)Oc1ncc(C(F)(F)F)cc1-c1cc(=O)c2ccccc2[nH]1. The van der Waals surface area contributed by atoms with Crippen molar-refractivity contribution in [2.75, 3.05) is 0 Å². The number of para-hydroxylation sites is 1. The molecule has 3 aromatic rings. The molecule has 1 aromatic carbocycles. The average Bonchev–Trinajstić information content (AvgIpc) is 2.53. The van der Waals surface area contributed by atoms with Crippen molar-refractivity contribution in [1.29, 1.82) is 0 Å². The molecule has 3 rings (SSSR count). The van der Waals surface area contributed by atoms with Crippen LogP contribution in [-0.2, 0) is 6.18 Å². The maximum Gasteiger partial charge on any atom is 0.417 e. The number of hydrogen-bond donors (Lipinski definition) is 1. The molecular weight excluding hydrogens is 333 g/mol. The Morgan fingerprint density at radius 3 is 2.56 bits per heavy atom. The fourth-order valence-corrected chi connectivity index (χ4v) is 2.46. The van der Waals surface area contributed by atoms with Gasteiger partial charge in [0.2, 0.25) is 5.88 Å². The molecule has 0 spiro atoms. The largest absolute Gasteiger partial charge is 0.474 e. The van der Waals surface area contributed by atoms with E-state index in [9.17, 15) is 18.0 Å². The highest BCUT2D eigenvalue weighted by atomic mass is 19.4. The summed E-state index contributed by atoms with van der Waals surface area (Å²) < 4.78 is 44.7. The summed E-state index contributed by atoms with van der Waals surface area (Å²) in [5.74, 6) is 0.0360. The molecule has 2 heterocycles. The Bertz CT molecular complexity index is 978. The predicted molar refractivity (Wildman–Crippen MR) is 88.6 cm³/mol. The van der Waals surface area contributed by atoms with E-state index in [1.807, 2.05) is 0 Å². The van der Waals surface area contributed by atoms with E-state index in [1.165, 1.54) is 6.07 Å². The zero-order valence-electron chi connectivity index (χ0n) is 13.5. The summed E-state index contributed by atoms with van der Waals surface area (Å²) in [6.07, 6.45) is -4.11. The minimum absolute atomic E-state index is 0.0360. The zero-order valence-corrected chi connectivity index (χ0v) is 13.5. The summed E-state index contributed by atoms with van der Waals surface area (Å²) in [6.45, 7) is 3.48. The van der Waals surface area contributed by atoms with E-state index < -0.39 is 11.7 Å². The van der Waals surface area contributed by atoms with Crippen LogP contribution in [-0.4, -0.2) is 16.1 Å². The number of aromatic nitrogens is 2. The molecule has 0 amide bonds. The van der Waals surface area contributed by atoms with Crippen molar-refractivity contribution in [3.05, 3.63) is 58.4 Å². The lowest BCUT2D eigenvalue weighted by atomic mass is 10.1. The van der Waals surface area contributed by atoms with Gasteiger partial charge in [-0.05, 0) is 32.0 Å². The number of H-pyrrole nitrogens is 1. The highest BCUT2D eigenvalue weighted by Crippen LogP contribution is 2.35. The van der Waals surface area contributed by atoms with Gasteiger partial charge in [0.25, 0.3) is 0 Å². The lowest BCUT2D eigenvalue weighted by Crippen LogP contribution is -2.12. The number of fused-ring (bicyclic) bond motifs is 1. The summed E-state index contributed by atoms with van der Waals surface area (Å²) in [4.78, 5) is 19.1. The van der Waals surface area contributed by atoms with Crippen LogP contribution in [0.5, 0.6) is 5.88 Å².